The second-order valence-corrected chi connectivity index (χ2v) is 6.84. The number of aldehydes is 1. The minimum Gasteiger partial charge on any atom is -0.479 e. The van der Waals surface area contributed by atoms with E-state index in [1.807, 2.05) is 0 Å². The minimum absolute atomic E-state index is 0.0806. The molecule has 4 heteroatoms. The Bertz CT molecular complexity index is 500. The highest BCUT2D eigenvalue weighted by atomic mass is 16.4. The topological polar surface area (TPSA) is 74.6 Å². The molecule has 0 saturated heterocycles. The van der Waals surface area contributed by atoms with E-state index in [1.54, 1.807) is 6.08 Å². The number of carboxylic acid groups (broad SMARTS) is 1. The SMILES string of the molecule is CCCCCCCCC1=CCC(C=O)[C@@H]1CCC=C=CC(O)C(=O)O. The molecular weight excluding hydrogens is 316 g/mol. The number of unbranched alkanes of at least 4 members (excludes halogenated alkanes) is 5. The van der Waals surface area contributed by atoms with E-state index >= 15 is 0 Å². The molecule has 0 fully saturated rings. The van der Waals surface area contributed by atoms with Gasteiger partial charge in [-0.1, -0.05) is 50.7 Å². The zero-order chi connectivity index (χ0) is 18.5. The predicted octanol–water partition coefficient (Wildman–Crippen LogP) is 4.44. The summed E-state index contributed by atoms with van der Waals surface area (Å²) in [4.78, 5) is 21.8. The molecule has 0 radical (unpaired) electrons. The summed E-state index contributed by atoms with van der Waals surface area (Å²) < 4.78 is 0. The smallest absolute Gasteiger partial charge is 0.337 e. The van der Waals surface area contributed by atoms with Crippen LogP contribution in [0.3, 0.4) is 0 Å². The van der Waals surface area contributed by atoms with E-state index in [-0.39, 0.29) is 5.92 Å². The van der Waals surface area contributed by atoms with Gasteiger partial charge in [-0.3, -0.25) is 0 Å². The second-order valence-electron chi connectivity index (χ2n) is 6.84. The lowest BCUT2D eigenvalue weighted by atomic mass is 9.86. The van der Waals surface area contributed by atoms with Crippen LogP contribution < -0.4 is 0 Å². The zero-order valence-electron chi connectivity index (χ0n) is 15.3. The van der Waals surface area contributed by atoms with Gasteiger partial charge in [0.2, 0.25) is 0 Å². The summed E-state index contributed by atoms with van der Waals surface area (Å²) in [5, 5.41) is 17.7. The van der Waals surface area contributed by atoms with Gasteiger partial charge in [0.05, 0.1) is 0 Å². The number of carbonyl (C=O) groups is 2. The lowest BCUT2D eigenvalue weighted by Gasteiger charge is -2.18. The lowest BCUT2D eigenvalue weighted by Crippen LogP contribution is -2.15. The van der Waals surface area contributed by atoms with E-state index in [9.17, 15) is 9.59 Å². The molecule has 0 aromatic heterocycles. The number of aliphatic hydroxyl groups excluding tert-OH is 1. The highest BCUT2D eigenvalue weighted by molar-refractivity contribution is 5.74. The summed E-state index contributed by atoms with van der Waals surface area (Å²) in [6.45, 7) is 2.22. The average Bonchev–Trinajstić information content (AvgIpc) is 2.99. The molecule has 2 N–H and O–H groups in total. The monoisotopic (exact) mass is 348 g/mol. The average molecular weight is 348 g/mol. The fraction of sp³-hybridized carbons (Fsp3) is 0.667. The Morgan fingerprint density at radius 2 is 2.04 bits per heavy atom. The van der Waals surface area contributed by atoms with Gasteiger partial charge < -0.3 is 15.0 Å². The van der Waals surface area contributed by atoms with Crippen LogP contribution in [0.5, 0.6) is 0 Å². The molecule has 1 rings (SSSR count). The normalized spacial score (nSPS) is 20.5. The van der Waals surface area contributed by atoms with Crippen LogP contribution in [0.15, 0.2) is 29.5 Å². The first-order chi connectivity index (χ1) is 12.1. The molecule has 0 spiro atoms. The van der Waals surface area contributed by atoms with Crippen molar-refractivity contribution in [2.45, 2.75) is 77.2 Å². The highest BCUT2D eigenvalue weighted by Gasteiger charge is 2.28. The zero-order valence-corrected chi connectivity index (χ0v) is 15.3. The molecule has 1 aliphatic carbocycles. The third kappa shape index (κ3) is 8.33. The van der Waals surface area contributed by atoms with Crippen LogP contribution in [-0.4, -0.2) is 28.6 Å². The second kappa shape index (κ2) is 12.7. The van der Waals surface area contributed by atoms with Crippen molar-refractivity contribution < 1.29 is 19.8 Å². The third-order valence-electron chi connectivity index (χ3n) is 4.89. The Hall–Kier alpha value is -1.64. The molecule has 0 aromatic carbocycles. The van der Waals surface area contributed by atoms with Crippen molar-refractivity contribution in [1.29, 1.82) is 0 Å². The molecule has 140 valence electrons. The molecule has 0 heterocycles. The van der Waals surface area contributed by atoms with E-state index in [0.29, 0.717) is 5.92 Å². The fourth-order valence-corrected chi connectivity index (χ4v) is 3.40. The van der Waals surface area contributed by atoms with Crippen LogP contribution >= 0.6 is 0 Å². The summed E-state index contributed by atoms with van der Waals surface area (Å²) in [7, 11) is 0. The number of aliphatic hydroxyl groups is 1. The number of hydrogen-bond donors (Lipinski definition) is 2. The van der Waals surface area contributed by atoms with Gasteiger partial charge in [0.15, 0.2) is 6.10 Å². The molecule has 4 nitrogen and oxygen atoms in total. The maximum absolute atomic E-state index is 11.3. The summed E-state index contributed by atoms with van der Waals surface area (Å²) in [6.07, 6.45) is 15.8. The fourth-order valence-electron chi connectivity index (χ4n) is 3.40. The first kappa shape index (κ1) is 21.4. The molecule has 25 heavy (non-hydrogen) atoms. The predicted molar refractivity (Wildman–Crippen MR) is 99.3 cm³/mol. The van der Waals surface area contributed by atoms with Crippen molar-refractivity contribution in [2.75, 3.05) is 0 Å². The quantitative estimate of drug-likeness (QED) is 0.223. The van der Waals surface area contributed by atoms with Crippen molar-refractivity contribution in [1.82, 2.24) is 0 Å². The van der Waals surface area contributed by atoms with E-state index < -0.39 is 12.1 Å². The Morgan fingerprint density at radius 3 is 2.72 bits per heavy atom. The van der Waals surface area contributed by atoms with Crippen LogP contribution in [0.4, 0.5) is 0 Å². The van der Waals surface area contributed by atoms with Gasteiger partial charge >= 0.3 is 5.97 Å². The van der Waals surface area contributed by atoms with Crippen molar-refractivity contribution in [3.8, 4) is 0 Å². The third-order valence-corrected chi connectivity index (χ3v) is 4.89. The molecule has 0 aromatic rings. The Morgan fingerprint density at radius 1 is 1.32 bits per heavy atom. The standard InChI is InChI=1S/C21H32O4/c1-2-3-4-5-6-8-11-17-14-15-18(16-22)19(17)12-9-7-10-13-20(23)21(24)25/h7,13-14,16,18-20,23H,2-6,8-9,11-12,15H2,1H3,(H,24,25)/t10?,18?,19-,20?/m1/s1. The highest BCUT2D eigenvalue weighted by Crippen LogP contribution is 2.37. The number of rotatable bonds is 13. The molecule has 0 aliphatic heterocycles. The molecule has 1 aliphatic rings. The lowest BCUT2D eigenvalue weighted by molar-refractivity contribution is -0.144. The van der Waals surface area contributed by atoms with Gasteiger partial charge in [-0.25, -0.2) is 4.79 Å². The van der Waals surface area contributed by atoms with Gasteiger partial charge in [-0.2, -0.15) is 0 Å². The summed E-state index contributed by atoms with van der Waals surface area (Å²) in [5.41, 5.74) is 4.13. The molecule has 3 atom stereocenters. The number of carbonyl (C=O) groups excluding carboxylic acids is 1. The number of carboxylic acids is 1. The van der Waals surface area contributed by atoms with Crippen LogP contribution in [0.2, 0.25) is 0 Å². The summed E-state index contributed by atoms with van der Waals surface area (Å²) >= 11 is 0. The van der Waals surface area contributed by atoms with Gasteiger partial charge in [0, 0.05) is 5.92 Å². The van der Waals surface area contributed by atoms with Crippen molar-refractivity contribution in [3.05, 3.63) is 29.5 Å². The first-order valence-electron chi connectivity index (χ1n) is 9.56. The molecular formula is C21H32O4. The van der Waals surface area contributed by atoms with Crippen LogP contribution in [0.1, 0.15) is 71.1 Å². The number of hydrogen-bond acceptors (Lipinski definition) is 3. The van der Waals surface area contributed by atoms with Gasteiger partial charge in [0.1, 0.15) is 6.29 Å². The maximum atomic E-state index is 11.3. The van der Waals surface area contributed by atoms with Crippen molar-refractivity contribution in [3.63, 3.8) is 0 Å². The van der Waals surface area contributed by atoms with Gasteiger partial charge in [-0.15, -0.1) is 5.73 Å². The Kier molecular flexibility index (Phi) is 10.9. The number of aliphatic carboxylic acids is 1. The summed E-state index contributed by atoms with van der Waals surface area (Å²) in [6, 6.07) is 0. The van der Waals surface area contributed by atoms with Gasteiger partial charge in [-0.05, 0) is 50.2 Å². The van der Waals surface area contributed by atoms with Gasteiger partial charge in [0.25, 0.3) is 0 Å². The Labute approximate surface area is 151 Å². The largest absolute Gasteiger partial charge is 0.479 e. The van der Waals surface area contributed by atoms with E-state index in [0.717, 1.165) is 38.0 Å². The molecule has 0 amide bonds. The van der Waals surface area contributed by atoms with E-state index in [2.05, 4.69) is 18.7 Å². The molecule has 0 saturated carbocycles. The molecule has 2 unspecified atom stereocenters. The van der Waals surface area contributed by atoms with E-state index in [4.69, 9.17) is 10.2 Å². The van der Waals surface area contributed by atoms with Crippen molar-refractivity contribution in [2.24, 2.45) is 11.8 Å². The Balaban J connectivity index is 2.39. The minimum atomic E-state index is -1.51. The van der Waals surface area contributed by atoms with Crippen LogP contribution in [0, 0.1) is 11.8 Å². The van der Waals surface area contributed by atoms with Crippen LogP contribution in [-0.2, 0) is 9.59 Å². The maximum Gasteiger partial charge on any atom is 0.337 e. The number of allylic oxidation sites excluding steroid dienone is 2. The van der Waals surface area contributed by atoms with Crippen molar-refractivity contribution >= 4 is 12.3 Å². The van der Waals surface area contributed by atoms with Crippen LogP contribution in [0.25, 0.3) is 0 Å². The molecule has 0 bridgehead atoms. The summed E-state index contributed by atoms with van der Waals surface area (Å²) in [5.74, 6) is -0.894. The van der Waals surface area contributed by atoms with E-state index in [1.165, 1.54) is 44.1 Å². The first-order valence-corrected chi connectivity index (χ1v) is 9.56.